The first kappa shape index (κ1) is 16.2. The minimum Gasteiger partial charge on any atom is -0.354 e. The molecule has 0 saturated heterocycles. The van der Waals surface area contributed by atoms with E-state index in [1.54, 1.807) is 17.2 Å². The number of fused-ring (bicyclic) bond motifs is 1. The molecule has 0 aliphatic rings. The summed E-state index contributed by atoms with van der Waals surface area (Å²) < 4.78 is 1.74. The SMILES string of the molecule is Cc1cc(Nc2cc3[nH]c(-c4cccnc4)cc3cn2)cc(-n2cncn2)c1. The van der Waals surface area contributed by atoms with E-state index in [9.17, 15) is 0 Å². The number of H-pyrrole nitrogens is 1. The van der Waals surface area contributed by atoms with E-state index in [-0.39, 0.29) is 0 Å². The molecule has 7 nitrogen and oxygen atoms in total. The lowest BCUT2D eigenvalue weighted by molar-refractivity contribution is 0.878. The number of aromatic nitrogens is 6. The van der Waals surface area contributed by atoms with E-state index in [0.29, 0.717) is 0 Å². The number of rotatable bonds is 4. The van der Waals surface area contributed by atoms with Crippen molar-refractivity contribution in [3.05, 3.63) is 79.3 Å². The second-order valence-electron chi connectivity index (χ2n) is 6.60. The average molecular weight is 367 g/mol. The molecule has 4 aromatic heterocycles. The zero-order valence-electron chi connectivity index (χ0n) is 15.2. The number of anilines is 2. The predicted molar refractivity (Wildman–Crippen MR) is 109 cm³/mol. The Labute approximate surface area is 161 Å². The zero-order valence-corrected chi connectivity index (χ0v) is 15.2. The maximum absolute atomic E-state index is 4.55. The van der Waals surface area contributed by atoms with Gasteiger partial charge in [-0.1, -0.05) is 0 Å². The van der Waals surface area contributed by atoms with Gasteiger partial charge in [-0.25, -0.2) is 14.6 Å². The van der Waals surface area contributed by atoms with E-state index in [2.05, 4.69) is 48.6 Å². The summed E-state index contributed by atoms with van der Waals surface area (Å²) in [5.74, 6) is 0.766. The smallest absolute Gasteiger partial charge is 0.138 e. The van der Waals surface area contributed by atoms with Crippen LogP contribution in [0.2, 0.25) is 0 Å². The van der Waals surface area contributed by atoms with Crippen LogP contribution in [-0.2, 0) is 0 Å². The molecule has 0 atom stereocenters. The number of hydrogen-bond donors (Lipinski definition) is 2. The van der Waals surface area contributed by atoms with Crippen LogP contribution in [0.5, 0.6) is 0 Å². The summed E-state index contributed by atoms with van der Waals surface area (Å²) in [6, 6.07) is 14.2. The predicted octanol–water partition coefficient (Wildman–Crippen LogP) is 4.26. The maximum Gasteiger partial charge on any atom is 0.138 e. The summed E-state index contributed by atoms with van der Waals surface area (Å²) in [6.07, 6.45) is 8.68. The highest BCUT2D eigenvalue weighted by atomic mass is 15.3. The first-order valence-corrected chi connectivity index (χ1v) is 8.87. The Morgan fingerprint density at radius 1 is 1.04 bits per heavy atom. The van der Waals surface area contributed by atoms with E-state index in [1.165, 1.54) is 6.33 Å². The molecule has 2 N–H and O–H groups in total. The van der Waals surface area contributed by atoms with Gasteiger partial charge in [0.15, 0.2) is 0 Å². The van der Waals surface area contributed by atoms with Gasteiger partial charge in [0.25, 0.3) is 0 Å². The van der Waals surface area contributed by atoms with Gasteiger partial charge < -0.3 is 10.3 Å². The minimum absolute atomic E-state index is 0.766. The average Bonchev–Trinajstić information content (AvgIpc) is 3.38. The van der Waals surface area contributed by atoms with Gasteiger partial charge in [0.2, 0.25) is 0 Å². The van der Waals surface area contributed by atoms with E-state index < -0.39 is 0 Å². The fraction of sp³-hybridized carbons (Fsp3) is 0.0476. The standard InChI is InChI=1S/C21H17N7/c1-14-5-17(8-18(6-14)28-13-23-12-25-28)26-21-9-20-16(11-24-21)7-19(27-20)15-3-2-4-22-10-15/h2-13,27H,1H3,(H,24,26). The number of hydrogen-bond acceptors (Lipinski definition) is 5. The minimum atomic E-state index is 0.766. The Balaban J connectivity index is 1.47. The molecule has 0 aliphatic carbocycles. The highest BCUT2D eigenvalue weighted by molar-refractivity contribution is 5.87. The van der Waals surface area contributed by atoms with Gasteiger partial charge in [-0.3, -0.25) is 4.98 Å². The van der Waals surface area contributed by atoms with Gasteiger partial charge in [0.1, 0.15) is 18.5 Å². The van der Waals surface area contributed by atoms with Crippen molar-refractivity contribution in [3.8, 4) is 16.9 Å². The van der Waals surface area contributed by atoms with E-state index in [0.717, 1.165) is 44.9 Å². The number of nitrogens with zero attached hydrogens (tertiary/aromatic N) is 5. The molecule has 0 amide bonds. The van der Waals surface area contributed by atoms with Crippen molar-refractivity contribution in [1.82, 2.24) is 29.7 Å². The van der Waals surface area contributed by atoms with Crippen molar-refractivity contribution < 1.29 is 0 Å². The van der Waals surface area contributed by atoms with Crippen LogP contribution >= 0.6 is 0 Å². The summed E-state index contributed by atoms with van der Waals surface area (Å²) in [7, 11) is 0. The van der Waals surface area contributed by atoms with Crippen molar-refractivity contribution in [1.29, 1.82) is 0 Å². The van der Waals surface area contributed by atoms with Gasteiger partial charge in [-0.15, -0.1) is 0 Å². The lowest BCUT2D eigenvalue weighted by atomic mass is 10.2. The third-order valence-corrected chi connectivity index (χ3v) is 4.49. The highest BCUT2D eigenvalue weighted by Gasteiger charge is 2.07. The zero-order chi connectivity index (χ0) is 18.9. The molecule has 136 valence electrons. The second kappa shape index (κ2) is 6.62. The fourth-order valence-electron chi connectivity index (χ4n) is 3.23. The molecule has 4 heterocycles. The topological polar surface area (TPSA) is 84.3 Å². The molecule has 5 aromatic rings. The van der Waals surface area contributed by atoms with Gasteiger partial charge in [0.05, 0.1) is 11.2 Å². The van der Waals surface area contributed by atoms with Crippen molar-refractivity contribution in [2.45, 2.75) is 6.92 Å². The lowest BCUT2D eigenvalue weighted by Crippen LogP contribution is -1.99. The van der Waals surface area contributed by atoms with E-state index in [1.807, 2.05) is 43.6 Å². The number of pyridine rings is 2. The van der Waals surface area contributed by atoms with Gasteiger partial charge in [-0.05, 0) is 48.9 Å². The number of nitrogens with one attached hydrogen (secondary N) is 2. The molecule has 28 heavy (non-hydrogen) atoms. The summed E-state index contributed by atoms with van der Waals surface area (Å²) in [4.78, 5) is 16.2. The second-order valence-corrected chi connectivity index (χ2v) is 6.60. The summed E-state index contributed by atoms with van der Waals surface area (Å²) in [5, 5.41) is 8.64. The molecular formula is C21H17N7. The Hall–Kier alpha value is -4.00. The van der Waals surface area contributed by atoms with Crippen LogP contribution < -0.4 is 5.32 Å². The Bertz CT molecular complexity index is 1240. The van der Waals surface area contributed by atoms with Crippen molar-refractivity contribution in [2.24, 2.45) is 0 Å². The van der Waals surface area contributed by atoms with Crippen molar-refractivity contribution >= 4 is 22.4 Å². The molecule has 0 radical (unpaired) electrons. The van der Waals surface area contributed by atoms with Crippen LogP contribution in [0.15, 0.2) is 73.7 Å². The number of aryl methyl sites for hydroxylation is 1. The highest BCUT2D eigenvalue weighted by Crippen LogP contribution is 2.26. The van der Waals surface area contributed by atoms with E-state index >= 15 is 0 Å². The van der Waals surface area contributed by atoms with Crippen molar-refractivity contribution in [2.75, 3.05) is 5.32 Å². The molecule has 0 unspecified atom stereocenters. The molecule has 0 fully saturated rings. The van der Waals surface area contributed by atoms with Crippen LogP contribution in [0.3, 0.4) is 0 Å². The van der Waals surface area contributed by atoms with Crippen LogP contribution in [0.1, 0.15) is 5.56 Å². The molecular weight excluding hydrogens is 350 g/mol. The van der Waals surface area contributed by atoms with Crippen LogP contribution in [0.25, 0.3) is 27.8 Å². The monoisotopic (exact) mass is 367 g/mol. The molecule has 7 heteroatoms. The third-order valence-electron chi connectivity index (χ3n) is 4.49. The summed E-state index contributed by atoms with van der Waals surface area (Å²) in [6.45, 7) is 2.05. The first-order valence-electron chi connectivity index (χ1n) is 8.87. The Morgan fingerprint density at radius 2 is 2.00 bits per heavy atom. The normalized spacial score (nSPS) is 11.0. The third kappa shape index (κ3) is 3.09. The number of aromatic amines is 1. The largest absolute Gasteiger partial charge is 0.354 e. The van der Waals surface area contributed by atoms with Gasteiger partial charge in [0, 0.05) is 47.0 Å². The molecule has 0 bridgehead atoms. The molecule has 0 saturated carbocycles. The van der Waals surface area contributed by atoms with Crippen LogP contribution in [-0.4, -0.2) is 29.7 Å². The molecule has 0 aliphatic heterocycles. The number of benzene rings is 1. The quantitative estimate of drug-likeness (QED) is 0.496. The molecule has 0 spiro atoms. The summed E-state index contributed by atoms with van der Waals surface area (Å²) >= 11 is 0. The Morgan fingerprint density at radius 3 is 2.82 bits per heavy atom. The van der Waals surface area contributed by atoms with Crippen LogP contribution in [0.4, 0.5) is 11.5 Å². The van der Waals surface area contributed by atoms with Gasteiger partial charge >= 0.3 is 0 Å². The maximum atomic E-state index is 4.55. The molecule has 1 aromatic carbocycles. The van der Waals surface area contributed by atoms with Gasteiger partial charge in [-0.2, -0.15) is 5.10 Å². The Kier molecular flexibility index (Phi) is 3.83. The summed E-state index contributed by atoms with van der Waals surface area (Å²) in [5.41, 5.74) is 6.09. The van der Waals surface area contributed by atoms with Crippen LogP contribution in [0, 0.1) is 6.92 Å². The van der Waals surface area contributed by atoms with Crippen molar-refractivity contribution in [3.63, 3.8) is 0 Å². The molecule has 5 rings (SSSR count). The lowest BCUT2D eigenvalue weighted by Gasteiger charge is -2.09. The fourth-order valence-corrected chi connectivity index (χ4v) is 3.23. The van der Waals surface area contributed by atoms with E-state index in [4.69, 9.17) is 0 Å². The first-order chi connectivity index (χ1) is 13.7.